The second-order valence-electron chi connectivity index (χ2n) is 14.0. The van der Waals surface area contributed by atoms with E-state index in [0.717, 1.165) is 39.1 Å². The first kappa shape index (κ1) is 36.7. The van der Waals surface area contributed by atoms with E-state index in [9.17, 15) is 19.8 Å². The Morgan fingerprint density at radius 3 is 2.46 bits per heavy atom. The largest absolute Gasteiger partial charge is 0.494 e. The number of hydrogen-bond donors (Lipinski definition) is 3. The number of halogens is 2. The molecule has 3 N–H and O–H groups in total. The third-order valence-electron chi connectivity index (χ3n) is 10.4. The number of carbonyl (C=O) groups excluding carboxylic acids is 2. The molecule has 3 heterocycles. The molecule has 0 aromatic heterocycles. The highest BCUT2D eigenvalue weighted by molar-refractivity contribution is 9.10. The molecule has 1 spiro atoms. The van der Waals surface area contributed by atoms with Crippen LogP contribution in [0.25, 0.3) is 0 Å². The van der Waals surface area contributed by atoms with E-state index in [1.807, 2.05) is 74.5 Å². The summed E-state index contributed by atoms with van der Waals surface area (Å²) < 4.78 is 29.1. The van der Waals surface area contributed by atoms with Crippen molar-refractivity contribution in [3.8, 4) is 5.75 Å². The van der Waals surface area contributed by atoms with Crippen LogP contribution in [0, 0.1) is 5.92 Å². The molecule has 12 heteroatoms. The Morgan fingerprint density at radius 2 is 1.78 bits per heavy atom. The van der Waals surface area contributed by atoms with Gasteiger partial charge in [0, 0.05) is 40.4 Å². The topological polar surface area (TPSA) is 112 Å². The number of benzene rings is 3. The van der Waals surface area contributed by atoms with Gasteiger partial charge in [-0.25, -0.2) is 0 Å². The maximum atomic E-state index is 15.9. The van der Waals surface area contributed by atoms with E-state index in [1.54, 1.807) is 22.9 Å². The minimum atomic E-state index is -3.29. The van der Waals surface area contributed by atoms with Crippen molar-refractivity contribution in [2.45, 2.75) is 82.5 Å². The Hall–Kier alpha value is -3.13. The first-order chi connectivity index (χ1) is 23.9. The van der Waals surface area contributed by atoms with Crippen molar-refractivity contribution >= 4 is 53.2 Å². The van der Waals surface area contributed by atoms with E-state index < -0.39 is 37.6 Å². The van der Waals surface area contributed by atoms with Crippen molar-refractivity contribution < 1.29 is 33.4 Å². The highest BCUT2D eigenvalue weighted by Crippen LogP contribution is 2.60. The lowest BCUT2D eigenvalue weighted by atomic mass is 9.82. The van der Waals surface area contributed by atoms with E-state index in [1.165, 1.54) is 0 Å². The molecule has 1 unspecified atom stereocenters. The zero-order valence-electron chi connectivity index (χ0n) is 29.1. The standard InChI is InChI=1S/C38H47BrFN3O6Si/c1-5-48-29-13-15-32-26(20-29)21-31(41-17-6-7-18-44)36(46)43(32)28-11-8-25(9-12-28)23-42-33-14-10-27(39)22-30(33)38(37(42)47)24(2)35(50(3,4)40)34(49-38)16-19-45/h8-15,20,22,24,31,34-35,41,44-45H,5-7,16-19,21,23H2,1-4H3/t24-,31?,34+,35-,38+/m0/s1. The van der Waals surface area contributed by atoms with Crippen LogP contribution >= 0.6 is 15.9 Å². The molecule has 2 amide bonds. The maximum absolute atomic E-state index is 15.9. The average molecular weight is 769 g/mol. The van der Waals surface area contributed by atoms with E-state index in [0.29, 0.717) is 37.2 Å². The van der Waals surface area contributed by atoms with Crippen LogP contribution in [-0.4, -0.2) is 68.9 Å². The van der Waals surface area contributed by atoms with Crippen molar-refractivity contribution in [3.63, 3.8) is 0 Å². The van der Waals surface area contributed by atoms with E-state index in [-0.39, 0.29) is 38.0 Å². The smallest absolute Gasteiger partial charge is 0.264 e. The molecule has 6 rings (SSSR count). The first-order valence-electron chi connectivity index (χ1n) is 17.6. The summed E-state index contributed by atoms with van der Waals surface area (Å²) in [7, 11) is -3.29. The number of aliphatic hydroxyl groups excluding tert-OH is 2. The van der Waals surface area contributed by atoms with Crippen LogP contribution in [0.2, 0.25) is 18.6 Å². The molecule has 5 atom stereocenters. The van der Waals surface area contributed by atoms with Gasteiger partial charge in [0.1, 0.15) is 5.75 Å². The van der Waals surface area contributed by atoms with Crippen molar-refractivity contribution in [3.05, 3.63) is 81.8 Å². The van der Waals surface area contributed by atoms with Gasteiger partial charge in [-0.1, -0.05) is 35.0 Å². The van der Waals surface area contributed by atoms with Gasteiger partial charge in [-0.05, 0) is 112 Å². The van der Waals surface area contributed by atoms with E-state index in [2.05, 4.69) is 21.2 Å². The van der Waals surface area contributed by atoms with Crippen molar-refractivity contribution in [2.24, 2.45) is 5.92 Å². The number of carbonyl (C=O) groups is 2. The Kier molecular flexibility index (Phi) is 10.9. The zero-order chi connectivity index (χ0) is 35.8. The van der Waals surface area contributed by atoms with Crippen LogP contribution < -0.4 is 19.9 Å². The lowest BCUT2D eigenvalue weighted by Gasteiger charge is -2.35. The highest BCUT2D eigenvalue weighted by Gasteiger charge is 2.66. The minimum absolute atomic E-state index is 0.0618. The molecular formula is C38H47BrFN3O6Si. The average Bonchev–Trinajstić information content (AvgIpc) is 3.50. The van der Waals surface area contributed by atoms with Gasteiger partial charge in [0.25, 0.3) is 5.91 Å². The van der Waals surface area contributed by atoms with Gasteiger partial charge >= 0.3 is 0 Å². The highest BCUT2D eigenvalue weighted by atomic mass is 79.9. The molecular weight excluding hydrogens is 721 g/mol. The Morgan fingerprint density at radius 1 is 1.04 bits per heavy atom. The lowest BCUT2D eigenvalue weighted by Crippen LogP contribution is -2.49. The van der Waals surface area contributed by atoms with Crippen LogP contribution in [0.1, 0.15) is 49.8 Å². The number of nitrogens with one attached hydrogen (secondary N) is 1. The van der Waals surface area contributed by atoms with Crippen LogP contribution in [0.3, 0.4) is 0 Å². The van der Waals surface area contributed by atoms with Crippen LogP contribution in [0.15, 0.2) is 65.1 Å². The molecule has 0 radical (unpaired) electrons. The number of unbranched alkanes of at least 4 members (excludes halogenated alkanes) is 1. The molecule has 9 nitrogen and oxygen atoms in total. The monoisotopic (exact) mass is 767 g/mol. The molecule has 50 heavy (non-hydrogen) atoms. The molecule has 3 aliphatic rings. The number of nitrogens with zero attached hydrogens (tertiary/aromatic N) is 2. The fourth-order valence-corrected chi connectivity index (χ4v) is 11.1. The summed E-state index contributed by atoms with van der Waals surface area (Å²) in [4.78, 5) is 32.0. The summed E-state index contributed by atoms with van der Waals surface area (Å²) >= 11 is 3.58. The Bertz CT molecular complexity index is 1720. The summed E-state index contributed by atoms with van der Waals surface area (Å²) in [6.07, 6.45) is 1.65. The van der Waals surface area contributed by atoms with Crippen molar-refractivity contribution in [1.29, 1.82) is 0 Å². The van der Waals surface area contributed by atoms with Crippen LogP contribution in [0.4, 0.5) is 21.2 Å². The number of ether oxygens (including phenoxy) is 2. The van der Waals surface area contributed by atoms with Gasteiger partial charge in [0.15, 0.2) is 5.60 Å². The second kappa shape index (κ2) is 14.8. The molecule has 268 valence electrons. The third kappa shape index (κ3) is 6.66. The summed E-state index contributed by atoms with van der Waals surface area (Å²) in [6.45, 7) is 8.53. The van der Waals surface area contributed by atoms with Gasteiger partial charge in [0.05, 0.1) is 36.7 Å². The summed E-state index contributed by atoms with van der Waals surface area (Å²) in [6, 6.07) is 18.7. The Balaban J connectivity index is 1.30. The summed E-state index contributed by atoms with van der Waals surface area (Å²) in [5.74, 6) is 0.0269. The molecule has 3 aromatic rings. The van der Waals surface area contributed by atoms with Gasteiger partial charge < -0.3 is 34.0 Å². The molecule has 1 saturated heterocycles. The number of rotatable bonds is 13. The van der Waals surface area contributed by atoms with Crippen molar-refractivity contribution in [1.82, 2.24) is 5.32 Å². The van der Waals surface area contributed by atoms with Gasteiger partial charge in [-0.3, -0.25) is 14.5 Å². The number of aliphatic hydroxyl groups is 2. The van der Waals surface area contributed by atoms with Gasteiger partial charge in [0.2, 0.25) is 14.3 Å². The number of fused-ring (bicyclic) bond motifs is 3. The van der Waals surface area contributed by atoms with Crippen LogP contribution in [0.5, 0.6) is 5.75 Å². The molecule has 0 aliphatic carbocycles. The third-order valence-corrected chi connectivity index (χ3v) is 13.3. The number of hydrogen-bond acceptors (Lipinski definition) is 7. The first-order valence-corrected chi connectivity index (χ1v) is 21.3. The maximum Gasteiger partial charge on any atom is 0.264 e. The number of amides is 2. The number of anilines is 3. The van der Waals surface area contributed by atoms with Gasteiger partial charge in [-0.15, -0.1) is 0 Å². The summed E-state index contributed by atoms with van der Waals surface area (Å²) in [5.41, 5.74) is 2.97. The lowest BCUT2D eigenvalue weighted by molar-refractivity contribution is -0.146. The second-order valence-corrected chi connectivity index (χ2v) is 18.8. The minimum Gasteiger partial charge on any atom is -0.494 e. The fraction of sp³-hybridized carbons (Fsp3) is 0.474. The fourth-order valence-electron chi connectivity index (χ4n) is 8.23. The van der Waals surface area contributed by atoms with Crippen LogP contribution in [-0.2, 0) is 32.9 Å². The predicted molar refractivity (Wildman–Crippen MR) is 198 cm³/mol. The molecule has 3 aliphatic heterocycles. The van der Waals surface area contributed by atoms with Gasteiger partial charge in [-0.2, -0.15) is 0 Å². The SMILES string of the molecule is CCOc1ccc2c(c1)CC(NCCCCO)C(=O)N2c1ccc(CN2C(=O)[C@]3(O[C@H](CCO)[C@@H]([Si](C)(C)F)[C@@H]3C)c3cc(Br)ccc32)cc1. The predicted octanol–water partition coefficient (Wildman–Crippen LogP) is 6.50. The molecule has 1 fully saturated rings. The van der Waals surface area contributed by atoms with Crippen molar-refractivity contribution in [2.75, 3.05) is 36.2 Å². The Labute approximate surface area is 303 Å². The quantitative estimate of drug-likeness (QED) is 0.103. The van der Waals surface area contributed by atoms with E-state index in [4.69, 9.17) is 9.47 Å². The molecule has 0 bridgehead atoms. The molecule has 0 saturated carbocycles. The zero-order valence-corrected chi connectivity index (χ0v) is 31.7. The summed E-state index contributed by atoms with van der Waals surface area (Å²) in [5, 5.41) is 22.4. The molecule has 3 aromatic carbocycles. The van der Waals surface area contributed by atoms with E-state index >= 15 is 4.11 Å². The normalized spacial score (nSPS) is 24.6.